The van der Waals surface area contributed by atoms with Gasteiger partial charge >= 0.3 is 0 Å². The molecule has 0 aliphatic rings. The van der Waals surface area contributed by atoms with Crippen LogP contribution in [-0.4, -0.2) is 4.57 Å². The van der Waals surface area contributed by atoms with Crippen molar-refractivity contribution in [3.05, 3.63) is 63.1 Å². The number of benzene rings is 1. The van der Waals surface area contributed by atoms with Crippen LogP contribution >= 0.6 is 11.6 Å². The third-order valence-electron chi connectivity index (χ3n) is 3.15. The van der Waals surface area contributed by atoms with Crippen molar-refractivity contribution in [3.8, 4) is 5.69 Å². The minimum atomic E-state index is 0.00462. The Balaban J connectivity index is 2.75. The molecule has 0 atom stereocenters. The molecule has 2 nitrogen and oxygen atoms in total. The van der Waals surface area contributed by atoms with E-state index in [1.165, 1.54) is 11.1 Å². The van der Waals surface area contributed by atoms with Crippen LogP contribution in [0.15, 0.2) is 35.3 Å². The second-order valence-electron chi connectivity index (χ2n) is 4.55. The number of hydrogen-bond donors (Lipinski definition) is 0. The van der Waals surface area contributed by atoms with Gasteiger partial charge < -0.3 is 4.57 Å². The minimum Gasteiger partial charge on any atom is -0.320 e. The summed E-state index contributed by atoms with van der Waals surface area (Å²) < 4.78 is 2.05. The molecule has 0 unspecified atom stereocenters. The highest BCUT2D eigenvalue weighted by molar-refractivity contribution is 6.17. The molecule has 0 spiro atoms. The van der Waals surface area contributed by atoms with Gasteiger partial charge in [-0.1, -0.05) is 18.2 Å². The summed E-state index contributed by atoms with van der Waals surface area (Å²) in [7, 11) is 0. The molecule has 0 saturated carbocycles. The SMILES string of the molecule is Cc1cccc(C)c1-n1cc(CCl)c(=O)cc1C. The van der Waals surface area contributed by atoms with Crippen molar-refractivity contribution >= 4 is 11.6 Å². The first-order chi connectivity index (χ1) is 8.54. The van der Waals surface area contributed by atoms with Gasteiger partial charge in [0.25, 0.3) is 0 Å². The lowest BCUT2D eigenvalue weighted by Crippen LogP contribution is -2.14. The maximum Gasteiger partial charge on any atom is 0.186 e. The van der Waals surface area contributed by atoms with Crippen LogP contribution in [0.25, 0.3) is 5.69 Å². The highest BCUT2D eigenvalue weighted by Gasteiger charge is 2.08. The van der Waals surface area contributed by atoms with Gasteiger partial charge in [0.2, 0.25) is 0 Å². The summed E-state index contributed by atoms with van der Waals surface area (Å²) in [6, 6.07) is 7.82. The average Bonchev–Trinajstić information content (AvgIpc) is 2.31. The zero-order chi connectivity index (χ0) is 13.3. The molecule has 2 rings (SSSR count). The Hall–Kier alpha value is -1.54. The van der Waals surface area contributed by atoms with Gasteiger partial charge in [0.15, 0.2) is 5.43 Å². The summed E-state index contributed by atoms with van der Waals surface area (Å²) in [5, 5.41) is 0. The van der Waals surface area contributed by atoms with E-state index >= 15 is 0 Å². The maximum atomic E-state index is 11.7. The fraction of sp³-hybridized carbons (Fsp3) is 0.267. The minimum absolute atomic E-state index is 0.00462. The van der Waals surface area contributed by atoms with Crippen molar-refractivity contribution in [2.24, 2.45) is 0 Å². The smallest absolute Gasteiger partial charge is 0.186 e. The fourth-order valence-corrected chi connectivity index (χ4v) is 2.40. The summed E-state index contributed by atoms with van der Waals surface area (Å²) in [5.41, 5.74) is 5.05. The van der Waals surface area contributed by atoms with Gasteiger partial charge in [-0.25, -0.2) is 0 Å². The van der Waals surface area contributed by atoms with Gasteiger partial charge in [-0.2, -0.15) is 0 Å². The molecule has 1 aromatic heterocycles. The molecule has 0 aliphatic carbocycles. The number of alkyl halides is 1. The predicted molar refractivity (Wildman–Crippen MR) is 75.8 cm³/mol. The number of halogens is 1. The predicted octanol–water partition coefficient (Wildman–Crippen LogP) is 3.50. The summed E-state index contributed by atoms with van der Waals surface area (Å²) in [4.78, 5) is 11.7. The first-order valence-corrected chi connectivity index (χ1v) is 6.42. The lowest BCUT2D eigenvalue weighted by molar-refractivity contribution is 0.936. The number of rotatable bonds is 2. The Bertz CT molecular complexity index is 623. The van der Waals surface area contributed by atoms with Crippen LogP contribution in [0, 0.1) is 20.8 Å². The third kappa shape index (κ3) is 2.21. The van der Waals surface area contributed by atoms with Gasteiger partial charge in [0.05, 0.1) is 11.6 Å². The van der Waals surface area contributed by atoms with Crippen molar-refractivity contribution in [2.45, 2.75) is 26.7 Å². The van der Waals surface area contributed by atoms with E-state index in [4.69, 9.17) is 11.6 Å². The van der Waals surface area contributed by atoms with Gasteiger partial charge in [-0.05, 0) is 31.9 Å². The topological polar surface area (TPSA) is 22.0 Å². The van der Waals surface area contributed by atoms with Crippen molar-refractivity contribution in [1.29, 1.82) is 0 Å². The molecule has 0 radical (unpaired) electrons. The van der Waals surface area contributed by atoms with Crippen molar-refractivity contribution in [2.75, 3.05) is 0 Å². The Morgan fingerprint density at radius 1 is 1.17 bits per heavy atom. The van der Waals surface area contributed by atoms with Gasteiger partial charge in [0, 0.05) is 23.5 Å². The molecule has 3 heteroatoms. The zero-order valence-electron chi connectivity index (χ0n) is 10.8. The average molecular weight is 262 g/mol. The van der Waals surface area contributed by atoms with E-state index in [9.17, 15) is 4.79 Å². The molecule has 2 aromatic rings. The second kappa shape index (κ2) is 4.99. The van der Waals surface area contributed by atoms with E-state index in [1.54, 1.807) is 6.07 Å². The number of pyridine rings is 1. The molecular formula is C15H16ClNO. The van der Waals surface area contributed by atoms with E-state index in [0.29, 0.717) is 5.56 Å². The first-order valence-electron chi connectivity index (χ1n) is 5.89. The second-order valence-corrected chi connectivity index (χ2v) is 4.82. The molecule has 18 heavy (non-hydrogen) atoms. The zero-order valence-corrected chi connectivity index (χ0v) is 11.6. The number of aryl methyl sites for hydroxylation is 3. The molecular weight excluding hydrogens is 246 g/mol. The van der Waals surface area contributed by atoms with E-state index < -0.39 is 0 Å². The highest BCUT2D eigenvalue weighted by Crippen LogP contribution is 2.20. The van der Waals surface area contributed by atoms with E-state index in [2.05, 4.69) is 26.0 Å². The molecule has 0 N–H and O–H groups in total. The Labute approximate surface area is 112 Å². The van der Waals surface area contributed by atoms with Crippen LogP contribution in [0.3, 0.4) is 0 Å². The fourth-order valence-electron chi connectivity index (χ4n) is 2.20. The van der Waals surface area contributed by atoms with Gasteiger partial charge in [0.1, 0.15) is 0 Å². The standard InChI is InChI=1S/C15H16ClNO/c1-10-5-4-6-11(2)15(10)17-9-13(8-16)14(18)7-12(17)3/h4-7,9H,8H2,1-3H3. The number of aromatic nitrogens is 1. The Morgan fingerprint density at radius 2 is 1.78 bits per heavy atom. The molecule has 94 valence electrons. The van der Waals surface area contributed by atoms with Gasteiger partial charge in [-0.3, -0.25) is 4.79 Å². The Morgan fingerprint density at radius 3 is 2.33 bits per heavy atom. The van der Waals surface area contributed by atoms with Crippen molar-refractivity contribution < 1.29 is 0 Å². The van der Waals surface area contributed by atoms with Crippen molar-refractivity contribution in [3.63, 3.8) is 0 Å². The summed E-state index contributed by atoms with van der Waals surface area (Å²) in [5.74, 6) is 0.240. The third-order valence-corrected chi connectivity index (χ3v) is 3.43. The van der Waals surface area contributed by atoms with Gasteiger partial charge in [-0.15, -0.1) is 11.6 Å². The molecule has 0 saturated heterocycles. The molecule has 0 aliphatic heterocycles. The summed E-state index contributed by atoms with van der Waals surface area (Å²) >= 11 is 5.81. The molecule has 0 bridgehead atoms. The maximum absolute atomic E-state index is 11.7. The van der Waals surface area contributed by atoms with E-state index in [-0.39, 0.29) is 11.3 Å². The van der Waals surface area contributed by atoms with Crippen LogP contribution in [-0.2, 0) is 5.88 Å². The normalized spacial score (nSPS) is 10.7. The van der Waals surface area contributed by atoms with E-state index in [1.807, 2.05) is 23.8 Å². The van der Waals surface area contributed by atoms with E-state index in [0.717, 1.165) is 11.4 Å². The molecule has 0 fully saturated rings. The Kier molecular flexibility index (Phi) is 3.58. The number of nitrogens with zero attached hydrogens (tertiary/aromatic N) is 1. The number of hydrogen-bond acceptors (Lipinski definition) is 1. The summed E-state index contributed by atoms with van der Waals surface area (Å²) in [6.45, 7) is 6.08. The molecule has 1 aromatic carbocycles. The van der Waals surface area contributed by atoms with Crippen LogP contribution in [0.5, 0.6) is 0 Å². The van der Waals surface area contributed by atoms with Crippen LogP contribution in [0.1, 0.15) is 22.4 Å². The quantitative estimate of drug-likeness (QED) is 0.759. The van der Waals surface area contributed by atoms with Crippen LogP contribution in [0.4, 0.5) is 0 Å². The molecule has 1 heterocycles. The van der Waals surface area contributed by atoms with Crippen molar-refractivity contribution in [1.82, 2.24) is 4.57 Å². The largest absolute Gasteiger partial charge is 0.320 e. The van der Waals surface area contributed by atoms with Crippen LogP contribution < -0.4 is 5.43 Å². The lowest BCUT2D eigenvalue weighted by Gasteiger charge is -2.17. The first kappa shape index (κ1) is 12.9. The lowest BCUT2D eigenvalue weighted by atomic mass is 10.1. The highest BCUT2D eigenvalue weighted by atomic mass is 35.5. The number of para-hydroxylation sites is 1. The summed E-state index contributed by atoms with van der Waals surface area (Å²) in [6.07, 6.45) is 1.85. The monoisotopic (exact) mass is 261 g/mol. The molecule has 0 amide bonds. The van der Waals surface area contributed by atoms with Crippen LogP contribution in [0.2, 0.25) is 0 Å².